The molecule has 0 radical (unpaired) electrons. The van der Waals surface area contributed by atoms with Crippen LogP contribution in [0.25, 0.3) is 0 Å². The Bertz CT molecular complexity index is 523. The highest BCUT2D eigenvalue weighted by molar-refractivity contribution is 9.10. The zero-order valence-electron chi connectivity index (χ0n) is 10.3. The number of aromatic nitrogens is 1. The molecule has 0 aliphatic rings. The van der Waals surface area contributed by atoms with Crippen LogP contribution in [0.5, 0.6) is 0 Å². The first-order chi connectivity index (χ1) is 8.65. The summed E-state index contributed by atoms with van der Waals surface area (Å²) in [7, 11) is 0. The number of pyridine rings is 1. The normalized spacial score (nSPS) is 10.3. The van der Waals surface area contributed by atoms with Crippen molar-refractivity contribution in [2.75, 3.05) is 17.6 Å². The van der Waals surface area contributed by atoms with E-state index in [0.29, 0.717) is 0 Å². The van der Waals surface area contributed by atoms with Gasteiger partial charge in [-0.2, -0.15) is 0 Å². The van der Waals surface area contributed by atoms with Crippen LogP contribution in [-0.4, -0.2) is 11.5 Å². The third-order valence-corrected chi connectivity index (χ3v) is 3.58. The van der Waals surface area contributed by atoms with Crippen LogP contribution in [0.15, 0.2) is 41.0 Å². The second-order valence-electron chi connectivity index (χ2n) is 4.24. The van der Waals surface area contributed by atoms with Gasteiger partial charge in [-0.25, -0.2) is 4.98 Å². The maximum atomic E-state index is 5.65. The van der Waals surface area contributed by atoms with Gasteiger partial charge in [0.15, 0.2) is 0 Å². The minimum Gasteiger partial charge on any atom is -0.399 e. The molecule has 18 heavy (non-hydrogen) atoms. The number of nitrogens with one attached hydrogen (secondary N) is 1. The fourth-order valence-corrected chi connectivity index (χ4v) is 1.87. The molecule has 0 unspecified atom stereocenters. The summed E-state index contributed by atoms with van der Waals surface area (Å²) in [5, 5.41) is 3.31. The van der Waals surface area contributed by atoms with E-state index in [4.69, 9.17) is 5.73 Å². The average molecular weight is 306 g/mol. The smallest absolute Gasteiger partial charge is 0.126 e. The van der Waals surface area contributed by atoms with Gasteiger partial charge in [-0.3, -0.25) is 0 Å². The number of hydrogen-bond donors (Lipinski definition) is 2. The Morgan fingerprint density at radius 2 is 2.00 bits per heavy atom. The maximum Gasteiger partial charge on any atom is 0.126 e. The molecule has 0 aliphatic carbocycles. The summed E-state index contributed by atoms with van der Waals surface area (Å²) in [6, 6.07) is 10.00. The van der Waals surface area contributed by atoms with Gasteiger partial charge in [-0.1, -0.05) is 12.1 Å². The summed E-state index contributed by atoms with van der Waals surface area (Å²) >= 11 is 3.44. The van der Waals surface area contributed by atoms with Gasteiger partial charge in [-0.15, -0.1) is 0 Å². The molecule has 0 atom stereocenters. The summed E-state index contributed by atoms with van der Waals surface area (Å²) in [6.45, 7) is 2.91. The molecule has 4 heteroatoms. The fraction of sp³-hybridized carbons (Fsp3) is 0.214. The van der Waals surface area contributed by atoms with Gasteiger partial charge in [-0.05, 0) is 58.6 Å². The molecule has 3 N–H and O–H groups in total. The van der Waals surface area contributed by atoms with Crippen LogP contribution >= 0.6 is 15.9 Å². The van der Waals surface area contributed by atoms with E-state index in [9.17, 15) is 0 Å². The number of benzene rings is 1. The van der Waals surface area contributed by atoms with Crippen LogP contribution in [-0.2, 0) is 6.42 Å². The number of nitrogens with zero attached hydrogens (tertiary/aromatic N) is 1. The zero-order chi connectivity index (χ0) is 13.0. The van der Waals surface area contributed by atoms with Crippen LogP contribution in [0.2, 0.25) is 0 Å². The number of halogens is 1. The summed E-state index contributed by atoms with van der Waals surface area (Å²) in [5.74, 6) is 0.908. The second-order valence-corrected chi connectivity index (χ2v) is 5.09. The Labute approximate surface area is 116 Å². The highest BCUT2D eigenvalue weighted by atomic mass is 79.9. The third-order valence-electron chi connectivity index (χ3n) is 2.75. The van der Waals surface area contributed by atoms with Crippen LogP contribution in [0, 0.1) is 6.92 Å². The maximum absolute atomic E-state index is 5.65. The lowest BCUT2D eigenvalue weighted by atomic mass is 10.1. The van der Waals surface area contributed by atoms with Crippen molar-refractivity contribution in [1.29, 1.82) is 0 Å². The van der Waals surface area contributed by atoms with Gasteiger partial charge in [0.25, 0.3) is 0 Å². The van der Waals surface area contributed by atoms with Crippen molar-refractivity contribution in [1.82, 2.24) is 4.98 Å². The lowest BCUT2D eigenvalue weighted by molar-refractivity contribution is 1.00. The van der Waals surface area contributed by atoms with Crippen LogP contribution < -0.4 is 11.1 Å². The second kappa shape index (κ2) is 5.87. The first-order valence-corrected chi connectivity index (χ1v) is 6.65. The number of rotatable bonds is 4. The van der Waals surface area contributed by atoms with E-state index >= 15 is 0 Å². The lowest BCUT2D eigenvalue weighted by Crippen LogP contribution is -2.06. The van der Waals surface area contributed by atoms with E-state index in [1.165, 1.54) is 11.1 Å². The quantitative estimate of drug-likeness (QED) is 0.851. The molecule has 2 aromatic rings. The van der Waals surface area contributed by atoms with Gasteiger partial charge in [0.2, 0.25) is 0 Å². The molecule has 0 fully saturated rings. The highest BCUT2D eigenvalue weighted by Crippen LogP contribution is 2.17. The topological polar surface area (TPSA) is 50.9 Å². The Balaban J connectivity index is 1.88. The fourth-order valence-electron chi connectivity index (χ4n) is 1.66. The number of hydrogen-bond acceptors (Lipinski definition) is 3. The highest BCUT2D eigenvalue weighted by Gasteiger charge is 1.98. The van der Waals surface area contributed by atoms with Crippen LogP contribution in [0.1, 0.15) is 11.1 Å². The van der Waals surface area contributed by atoms with Crippen LogP contribution in [0.4, 0.5) is 11.5 Å². The molecule has 0 aliphatic heterocycles. The van der Waals surface area contributed by atoms with Gasteiger partial charge in [0.05, 0.1) is 0 Å². The predicted molar refractivity (Wildman–Crippen MR) is 79.7 cm³/mol. The molecule has 94 valence electrons. The van der Waals surface area contributed by atoms with Crippen molar-refractivity contribution >= 4 is 27.4 Å². The summed E-state index contributed by atoms with van der Waals surface area (Å²) in [5.41, 5.74) is 8.90. The number of nitrogen functional groups attached to an aromatic ring is 1. The Morgan fingerprint density at radius 1 is 1.28 bits per heavy atom. The SMILES string of the molecule is Cc1cc(NCCc2ccc(N)cc2)ncc1Br. The summed E-state index contributed by atoms with van der Waals surface area (Å²) < 4.78 is 1.03. The summed E-state index contributed by atoms with van der Waals surface area (Å²) in [4.78, 5) is 4.31. The molecule has 0 saturated carbocycles. The summed E-state index contributed by atoms with van der Waals surface area (Å²) in [6.07, 6.45) is 2.78. The first-order valence-electron chi connectivity index (χ1n) is 5.85. The van der Waals surface area contributed by atoms with Gasteiger partial charge in [0, 0.05) is 22.9 Å². The van der Waals surface area contributed by atoms with E-state index < -0.39 is 0 Å². The van der Waals surface area contributed by atoms with Gasteiger partial charge >= 0.3 is 0 Å². The Hall–Kier alpha value is -1.55. The minimum atomic E-state index is 0.803. The Morgan fingerprint density at radius 3 is 2.67 bits per heavy atom. The molecule has 1 aromatic carbocycles. The lowest BCUT2D eigenvalue weighted by Gasteiger charge is -2.07. The number of aryl methyl sites for hydroxylation is 1. The molecular weight excluding hydrogens is 290 g/mol. The monoisotopic (exact) mass is 305 g/mol. The third kappa shape index (κ3) is 3.47. The molecular formula is C14H16BrN3. The molecule has 3 nitrogen and oxygen atoms in total. The average Bonchev–Trinajstić information content (AvgIpc) is 2.36. The molecule has 0 amide bonds. The predicted octanol–water partition coefficient (Wildman–Crippen LogP) is 3.39. The number of nitrogens with two attached hydrogens (primary N) is 1. The molecule has 0 spiro atoms. The molecule has 1 heterocycles. The molecule has 0 saturated heterocycles. The van der Waals surface area contributed by atoms with Gasteiger partial charge in [0.1, 0.15) is 5.82 Å². The van der Waals surface area contributed by atoms with Crippen molar-refractivity contribution in [3.8, 4) is 0 Å². The van der Waals surface area contributed by atoms with E-state index in [2.05, 4.69) is 45.3 Å². The zero-order valence-corrected chi connectivity index (χ0v) is 11.9. The standard InChI is InChI=1S/C14H16BrN3/c1-10-8-14(18-9-13(10)15)17-7-6-11-2-4-12(16)5-3-11/h2-5,8-9H,6-7,16H2,1H3,(H,17,18). The minimum absolute atomic E-state index is 0.803. The van der Waals surface area contributed by atoms with Crippen molar-refractivity contribution in [3.63, 3.8) is 0 Å². The van der Waals surface area contributed by atoms with Crippen LogP contribution in [0.3, 0.4) is 0 Å². The molecule has 1 aromatic heterocycles. The largest absolute Gasteiger partial charge is 0.399 e. The van der Waals surface area contributed by atoms with Crippen molar-refractivity contribution in [3.05, 3.63) is 52.1 Å². The van der Waals surface area contributed by atoms with E-state index in [-0.39, 0.29) is 0 Å². The van der Waals surface area contributed by atoms with Crippen molar-refractivity contribution in [2.24, 2.45) is 0 Å². The van der Waals surface area contributed by atoms with E-state index in [0.717, 1.165) is 28.9 Å². The van der Waals surface area contributed by atoms with E-state index in [1.807, 2.05) is 24.4 Å². The number of anilines is 2. The molecule has 2 rings (SSSR count). The Kier molecular flexibility index (Phi) is 4.20. The first kappa shape index (κ1) is 12.9. The van der Waals surface area contributed by atoms with E-state index in [1.54, 1.807) is 0 Å². The van der Waals surface area contributed by atoms with Gasteiger partial charge < -0.3 is 11.1 Å². The van der Waals surface area contributed by atoms with Crippen molar-refractivity contribution < 1.29 is 0 Å². The molecule has 0 bridgehead atoms. The van der Waals surface area contributed by atoms with Crippen molar-refractivity contribution in [2.45, 2.75) is 13.3 Å².